The Kier molecular flexibility index (Phi) is 4.53. The molecule has 2 aromatic rings. The Hall–Kier alpha value is -1.87. The zero-order valence-electron chi connectivity index (χ0n) is 11.6. The normalized spacial score (nSPS) is 12.3. The van der Waals surface area contributed by atoms with E-state index in [0.717, 1.165) is 18.5 Å². The highest BCUT2D eigenvalue weighted by Crippen LogP contribution is 2.21. The topological polar surface area (TPSA) is 50.9 Å². The number of rotatable bonds is 5. The highest BCUT2D eigenvalue weighted by molar-refractivity contribution is 5.40. The van der Waals surface area contributed by atoms with E-state index >= 15 is 0 Å². The molecule has 0 fully saturated rings. The Labute approximate surface area is 114 Å². The van der Waals surface area contributed by atoms with Crippen LogP contribution in [0.15, 0.2) is 42.6 Å². The molecule has 0 spiro atoms. The number of likely N-dealkylation sites (N-methyl/N-ethyl adjacent to an activating group) is 1. The summed E-state index contributed by atoms with van der Waals surface area (Å²) in [5, 5.41) is 3.51. The average Bonchev–Trinajstić information content (AvgIpc) is 2.42. The second kappa shape index (κ2) is 6.34. The largest absolute Gasteiger partial charge is 0.383 e. The third kappa shape index (κ3) is 3.55. The molecule has 2 rings (SSSR count). The van der Waals surface area contributed by atoms with Crippen LogP contribution in [0, 0.1) is 6.92 Å². The third-order valence-electron chi connectivity index (χ3n) is 3.28. The number of aromatic nitrogens is 1. The summed E-state index contributed by atoms with van der Waals surface area (Å²) in [6.07, 6.45) is 2.59. The smallest absolute Gasteiger partial charge is 0.126 e. The van der Waals surface area contributed by atoms with Crippen molar-refractivity contribution >= 4 is 5.82 Å². The van der Waals surface area contributed by atoms with Crippen molar-refractivity contribution in [3.05, 3.63) is 59.3 Å². The summed E-state index contributed by atoms with van der Waals surface area (Å²) in [6, 6.07) is 12.9. The Morgan fingerprint density at radius 3 is 2.58 bits per heavy atom. The standard InChI is InChI=1S/C16H21N3/c1-3-18-15(13-8-6-12(2)7-9-13)11-14-5-4-10-19-16(14)17/h4-10,15,18H,3,11H2,1-2H3,(H2,17,19). The van der Waals surface area contributed by atoms with E-state index in [0.29, 0.717) is 5.82 Å². The first-order valence-corrected chi connectivity index (χ1v) is 6.70. The van der Waals surface area contributed by atoms with E-state index in [1.165, 1.54) is 11.1 Å². The van der Waals surface area contributed by atoms with Gasteiger partial charge < -0.3 is 11.1 Å². The number of benzene rings is 1. The molecule has 0 aliphatic heterocycles. The van der Waals surface area contributed by atoms with Crippen molar-refractivity contribution in [2.45, 2.75) is 26.3 Å². The summed E-state index contributed by atoms with van der Waals surface area (Å²) < 4.78 is 0. The van der Waals surface area contributed by atoms with E-state index in [4.69, 9.17) is 5.73 Å². The number of aryl methyl sites for hydroxylation is 1. The Morgan fingerprint density at radius 1 is 1.21 bits per heavy atom. The first-order valence-electron chi connectivity index (χ1n) is 6.70. The van der Waals surface area contributed by atoms with Crippen LogP contribution < -0.4 is 11.1 Å². The van der Waals surface area contributed by atoms with Crippen LogP contribution in [0.4, 0.5) is 5.82 Å². The first kappa shape index (κ1) is 13.6. The summed E-state index contributed by atoms with van der Waals surface area (Å²) in [6.45, 7) is 5.15. The summed E-state index contributed by atoms with van der Waals surface area (Å²) >= 11 is 0. The van der Waals surface area contributed by atoms with Crippen LogP contribution in [-0.2, 0) is 6.42 Å². The SMILES string of the molecule is CCNC(Cc1cccnc1N)c1ccc(C)cc1. The van der Waals surface area contributed by atoms with Gasteiger partial charge in [-0.2, -0.15) is 0 Å². The zero-order valence-corrected chi connectivity index (χ0v) is 11.6. The molecular weight excluding hydrogens is 234 g/mol. The van der Waals surface area contributed by atoms with Gasteiger partial charge in [-0.15, -0.1) is 0 Å². The maximum Gasteiger partial charge on any atom is 0.126 e. The van der Waals surface area contributed by atoms with Crippen molar-refractivity contribution in [3.63, 3.8) is 0 Å². The molecule has 1 heterocycles. The van der Waals surface area contributed by atoms with Crippen molar-refractivity contribution in [2.75, 3.05) is 12.3 Å². The molecule has 100 valence electrons. The lowest BCUT2D eigenvalue weighted by molar-refractivity contribution is 0.550. The molecule has 3 nitrogen and oxygen atoms in total. The maximum absolute atomic E-state index is 5.93. The van der Waals surface area contributed by atoms with Crippen LogP contribution in [0.1, 0.15) is 29.7 Å². The van der Waals surface area contributed by atoms with Gasteiger partial charge in [-0.25, -0.2) is 4.98 Å². The van der Waals surface area contributed by atoms with Gasteiger partial charge in [-0.05, 0) is 37.1 Å². The highest BCUT2D eigenvalue weighted by Gasteiger charge is 2.12. The quantitative estimate of drug-likeness (QED) is 0.863. The average molecular weight is 255 g/mol. The fourth-order valence-electron chi connectivity index (χ4n) is 2.20. The lowest BCUT2D eigenvalue weighted by atomic mass is 9.98. The van der Waals surface area contributed by atoms with Crippen LogP contribution in [-0.4, -0.2) is 11.5 Å². The zero-order chi connectivity index (χ0) is 13.7. The number of nitrogen functional groups attached to an aromatic ring is 1. The predicted molar refractivity (Wildman–Crippen MR) is 80.0 cm³/mol. The summed E-state index contributed by atoms with van der Waals surface area (Å²) in [5.74, 6) is 0.623. The molecule has 3 N–H and O–H groups in total. The van der Waals surface area contributed by atoms with Gasteiger partial charge in [0, 0.05) is 12.2 Å². The Morgan fingerprint density at radius 2 is 1.95 bits per heavy atom. The Balaban J connectivity index is 2.21. The maximum atomic E-state index is 5.93. The van der Waals surface area contributed by atoms with Crippen LogP contribution >= 0.6 is 0 Å². The number of nitrogens with zero attached hydrogens (tertiary/aromatic N) is 1. The summed E-state index contributed by atoms with van der Waals surface area (Å²) in [5.41, 5.74) is 9.59. The fourth-order valence-corrected chi connectivity index (χ4v) is 2.20. The van der Waals surface area contributed by atoms with E-state index in [-0.39, 0.29) is 6.04 Å². The number of nitrogens with one attached hydrogen (secondary N) is 1. The third-order valence-corrected chi connectivity index (χ3v) is 3.28. The number of nitrogens with two attached hydrogens (primary N) is 1. The van der Waals surface area contributed by atoms with Crippen LogP contribution in [0.3, 0.4) is 0 Å². The van der Waals surface area contributed by atoms with Gasteiger partial charge in [-0.1, -0.05) is 42.8 Å². The number of hydrogen-bond donors (Lipinski definition) is 2. The predicted octanol–water partition coefficient (Wildman–Crippen LogP) is 2.87. The molecule has 1 aromatic heterocycles. The van der Waals surface area contributed by atoms with E-state index in [2.05, 4.69) is 48.4 Å². The van der Waals surface area contributed by atoms with Gasteiger partial charge in [-0.3, -0.25) is 0 Å². The van der Waals surface area contributed by atoms with Gasteiger partial charge in [0.25, 0.3) is 0 Å². The van der Waals surface area contributed by atoms with Crippen molar-refractivity contribution in [3.8, 4) is 0 Å². The van der Waals surface area contributed by atoms with Crippen molar-refractivity contribution < 1.29 is 0 Å². The molecule has 1 unspecified atom stereocenters. The first-order chi connectivity index (χ1) is 9.20. The second-order valence-corrected chi connectivity index (χ2v) is 4.77. The fraction of sp³-hybridized carbons (Fsp3) is 0.312. The molecule has 19 heavy (non-hydrogen) atoms. The lowest BCUT2D eigenvalue weighted by Crippen LogP contribution is -2.23. The Bertz CT molecular complexity index is 520. The van der Waals surface area contributed by atoms with Gasteiger partial charge in [0.05, 0.1) is 0 Å². The number of pyridine rings is 1. The molecule has 0 saturated carbocycles. The van der Waals surface area contributed by atoms with Crippen LogP contribution in [0.2, 0.25) is 0 Å². The van der Waals surface area contributed by atoms with Gasteiger partial charge in [0.2, 0.25) is 0 Å². The minimum Gasteiger partial charge on any atom is -0.383 e. The number of hydrogen-bond acceptors (Lipinski definition) is 3. The summed E-state index contributed by atoms with van der Waals surface area (Å²) in [4.78, 5) is 4.15. The molecule has 1 atom stereocenters. The van der Waals surface area contributed by atoms with E-state index in [1.807, 2.05) is 12.1 Å². The second-order valence-electron chi connectivity index (χ2n) is 4.77. The van der Waals surface area contributed by atoms with Crippen molar-refractivity contribution in [1.82, 2.24) is 10.3 Å². The summed E-state index contributed by atoms with van der Waals surface area (Å²) in [7, 11) is 0. The van der Waals surface area contributed by atoms with E-state index in [9.17, 15) is 0 Å². The van der Waals surface area contributed by atoms with Crippen LogP contribution in [0.25, 0.3) is 0 Å². The molecule has 0 aliphatic rings. The van der Waals surface area contributed by atoms with Crippen molar-refractivity contribution in [2.24, 2.45) is 0 Å². The number of anilines is 1. The molecular formula is C16H21N3. The van der Waals surface area contributed by atoms with Gasteiger partial charge in [0.1, 0.15) is 5.82 Å². The molecule has 0 radical (unpaired) electrons. The molecule has 3 heteroatoms. The monoisotopic (exact) mass is 255 g/mol. The molecule has 0 aliphatic carbocycles. The van der Waals surface area contributed by atoms with Gasteiger partial charge in [0.15, 0.2) is 0 Å². The molecule has 0 bridgehead atoms. The minimum atomic E-state index is 0.275. The van der Waals surface area contributed by atoms with E-state index in [1.54, 1.807) is 6.20 Å². The van der Waals surface area contributed by atoms with Crippen LogP contribution in [0.5, 0.6) is 0 Å². The van der Waals surface area contributed by atoms with E-state index < -0.39 is 0 Å². The molecule has 0 amide bonds. The van der Waals surface area contributed by atoms with Gasteiger partial charge >= 0.3 is 0 Å². The molecule has 0 saturated heterocycles. The highest BCUT2D eigenvalue weighted by atomic mass is 14.9. The van der Waals surface area contributed by atoms with Crippen molar-refractivity contribution in [1.29, 1.82) is 0 Å². The lowest BCUT2D eigenvalue weighted by Gasteiger charge is -2.19. The molecule has 1 aromatic carbocycles. The minimum absolute atomic E-state index is 0.275.